The maximum Gasteiger partial charge on any atom is 0.422 e. The Hall–Kier alpha value is -1.50. The van der Waals surface area contributed by atoms with Crippen LogP contribution in [0.4, 0.5) is 0 Å². The molecule has 0 fully saturated rings. The summed E-state index contributed by atoms with van der Waals surface area (Å²) in [5.41, 5.74) is -0.395. The van der Waals surface area contributed by atoms with Crippen LogP contribution in [0, 0.1) is 5.92 Å². The third kappa shape index (κ3) is 5.54. The van der Waals surface area contributed by atoms with Crippen LogP contribution in [0.15, 0.2) is 6.07 Å². The van der Waals surface area contributed by atoms with Crippen molar-refractivity contribution < 1.29 is 29.0 Å². The first kappa shape index (κ1) is 20.5. The molecule has 1 aromatic rings. The second-order valence-corrected chi connectivity index (χ2v) is 6.42. The Bertz CT molecular complexity index is 657. The molecule has 1 aromatic carbocycles. The summed E-state index contributed by atoms with van der Waals surface area (Å²) in [7, 11) is 0. The Kier molecular flexibility index (Phi) is 7.79. The van der Waals surface area contributed by atoms with Crippen LogP contribution in [0.1, 0.15) is 37.0 Å². The van der Waals surface area contributed by atoms with E-state index in [4.69, 9.17) is 44.6 Å². The Morgan fingerprint density at radius 1 is 1.17 bits per heavy atom. The summed E-state index contributed by atoms with van der Waals surface area (Å²) in [4.78, 5) is 34.1. The van der Waals surface area contributed by atoms with Gasteiger partial charge in [0.05, 0.1) is 21.7 Å². The Morgan fingerprint density at radius 2 is 1.79 bits per heavy atom. The van der Waals surface area contributed by atoms with Gasteiger partial charge < -0.3 is 14.6 Å². The molecule has 9 heteroatoms. The third-order valence-corrected chi connectivity index (χ3v) is 3.93. The topological polar surface area (TPSA) is 89.9 Å². The molecule has 0 heterocycles. The molecule has 1 rings (SSSR count). The van der Waals surface area contributed by atoms with E-state index in [0.717, 1.165) is 12.5 Å². The van der Waals surface area contributed by atoms with Gasteiger partial charge in [-0.15, -0.1) is 0 Å². The molecular formula is C15H15Cl3O6. The van der Waals surface area contributed by atoms with Crippen LogP contribution in [-0.2, 0) is 14.3 Å². The highest BCUT2D eigenvalue weighted by Gasteiger charge is 2.27. The number of carbonyl (C=O) groups excluding carboxylic acids is 2. The summed E-state index contributed by atoms with van der Waals surface area (Å²) in [6, 6.07) is 1.13. The number of ether oxygens (including phenoxy) is 2. The minimum Gasteiger partial charge on any atom is -0.473 e. The summed E-state index contributed by atoms with van der Waals surface area (Å²) in [5.74, 6) is -4.45. The van der Waals surface area contributed by atoms with E-state index in [2.05, 4.69) is 4.74 Å². The lowest BCUT2D eigenvalue weighted by molar-refractivity contribution is -0.158. The Labute approximate surface area is 153 Å². The first-order valence-corrected chi connectivity index (χ1v) is 8.08. The summed E-state index contributed by atoms with van der Waals surface area (Å²) >= 11 is 17.7. The van der Waals surface area contributed by atoms with Crippen molar-refractivity contribution in [3.63, 3.8) is 0 Å². The van der Waals surface area contributed by atoms with Crippen molar-refractivity contribution in [2.45, 2.75) is 26.7 Å². The zero-order valence-electron chi connectivity index (χ0n) is 12.9. The summed E-state index contributed by atoms with van der Waals surface area (Å²) < 4.78 is 9.70. The first-order valence-electron chi connectivity index (χ1n) is 6.94. The van der Waals surface area contributed by atoms with Gasteiger partial charge in [0.1, 0.15) is 5.56 Å². The highest BCUT2D eigenvalue weighted by atomic mass is 35.5. The second kappa shape index (κ2) is 9.11. The number of carboxylic acid groups (broad SMARTS) is 1. The van der Waals surface area contributed by atoms with E-state index in [0.29, 0.717) is 12.3 Å². The third-order valence-electron chi connectivity index (χ3n) is 2.86. The molecule has 0 spiro atoms. The molecule has 0 saturated heterocycles. The van der Waals surface area contributed by atoms with E-state index in [1.165, 1.54) is 0 Å². The van der Waals surface area contributed by atoms with Crippen LogP contribution in [0.2, 0.25) is 15.1 Å². The van der Waals surface area contributed by atoms with E-state index in [-0.39, 0.29) is 21.7 Å². The molecule has 0 aliphatic rings. The lowest BCUT2D eigenvalue weighted by Crippen LogP contribution is -2.21. The van der Waals surface area contributed by atoms with Gasteiger partial charge in [-0.3, -0.25) is 0 Å². The van der Waals surface area contributed by atoms with Crippen molar-refractivity contribution in [3.05, 3.63) is 26.7 Å². The quantitative estimate of drug-likeness (QED) is 0.254. The molecule has 1 N–H and O–H groups in total. The lowest BCUT2D eigenvalue weighted by Gasteiger charge is -2.13. The summed E-state index contributed by atoms with van der Waals surface area (Å²) in [6.07, 6.45) is 1.47. The van der Waals surface area contributed by atoms with Crippen molar-refractivity contribution in [2.75, 3.05) is 6.61 Å². The number of halogens is 3. The molecule has 132 valence electrons. The standard InChI is InChI=1S/C15H15Cl3O6/c1-7(2)4-3-5-23-14(21)10-11(18)8(16)6-9(17)12(10)24-15(22)13(19)20/h6-7H,3-5H2,1-2H3,(H,19,20). The van der Waals surface area contributed by atoms with Gasteiger partial charge in [-0.25, -0.2) is 14.4 Å². The van der Waals surface area contributed by atoms with Crippen molar-refractivity contribution in [1.82, 2.24) is 0 Å². The molecule has 6 nitrogen and oxygen atoms in total. The van der Waals surface area contributed by atoms with E-state index >= 15 is 0 Å². The highest BCUT2D eigenvalue weighted by Crippen LogP contribution is 2.39. The first-order chi connectivity index (χ1) is 11.1. The maximum atomic E-state index is 12.2. The number of esters is 2. The van der Waals surface area contributed by atoms with Crippen molar-refractivity contribution in [2.24, 2.45) is 5.92 Å². The predicted molar refractivity (Wildman–Crippen MR) is 89.1 cm³/mol. The van der Waals surface area contributed by atoms with E-state index < -0.39 is 29.2 Å². The summed E-state index contributed by atoms with van der Waals surface area (Å²) in [6.45, 7) is 4.17. The minimum atomic E-state index is -1.85. The van der Waals surface area contributed by atoms with Gasteiger partial charge in [-0.1, -0.05) is 48.7 Å². The molecule has 0 unspecified atom stereocenters. The zero-order valence-corrected chi connectivity index (χ0v) is 15.2. The fourth-order valence-corrected chi connectivity index (χ4v) is 2.44. The van der Waals surface area contributed by atoms with Gasteiger partial charge in [0.15, 0.2) is 5.75 Å². The lowest BCUT2D eigenvalue weighted by atomic mass is 10.1. The normalized spacial score (nSPS) is 10.6. The van der Waals surface area contributed by atoms with Crippen LogP contribution < -0.4 is 4.74 Å². The Morgan fingerprint density at radius 3 is 2.33 bits per heavy atom. The van der Waals surface area contributed by atoms with Crippen LogP contribution in [0.3, 0.4) is 0 Å². The van der Waals surface area contributed by atoms with Crippen molar-refractivity contribution in [1.29, 1.82) is 0 Å². The molecule has 0 aliphatic heterocycles. The van der Waals surface area contributed by atoms with Gasteiger partial charge in [-0.2, -0.15) is 0 Å². The number of hydrogen-bond acceptors (Lipinski definition) is 5. The fraction of sp³-hybridized carbons (Fsp3) is 0.400. The number of carboxylic acids is 1. The number of carbonyl (C=O) groups is 3. The zero-order chi connectivity index (χ0) is 18.4. The molecule has 0 bridgehead atoms. The van der Waals surface area contributed by atoms with E-state index in [1.54, 1.807) is 0 Å². The van der Waals surface area contributed by atoms with Crippen LogP contribution in [-0.4, -0.2) is 29.6 Å². The van der Waals surface area contributed by atoms with Gasteiger partial charge >= 0.3 is 17.9 Å². The van der Waals surface area contributed by atoms with E-state index in [1.807, 2.05) is 13.8 Å². The summed E-state index contributed by atoms with van der Waals surface area (Å²) in [5, 5.41) is 8.07. The smallest absolute Gasteiger partial charge is 0.422 e. The van der Waals surface area contributed by atoms with Gasteiger partial charge in [0, 0.05) is 0 Å². The molecule has 0 amide bonds. The predicted octanol–water partition coefficient (Wildman–Crippen LogP) is 4.23. The molecule has 0 aromatic heterocycles. The average Bonchev–Trinajstić information content (AvgIpc) is 2.48. The van der Waals surface area contributed by atoms with Crippen LogP contribution >= 0.6 is 34.8 Å². The number of aliphatic carboxylic acids is 1. The van der Waals surface area contributed by atoms with Crippen LogP contribution in [0.5, 0.6) is 5.75 Å². The fourth-order valence-electron chi connectivity index (χ4n) is 1.73. The number of benzene rings is 1. The SMILES string of the molecule is CC(C)CCCOC(=O)c1c(Cl)c(Cl)cc(Cl)c1OC(=O)C(=O)O. The largest absolute Gasteiger partial charge is 0.473 e. The number of hydrogen-bond donors (Lipinski definition) is 1. The average molecular weight is 398 g/mol. The molecule has 0 atom stereocenters. The van der Waals surface area contributed by atoms with Crippen molar-refractivity contribution in [3.8, 4) is 5.75 Å². The molecule has 0 radical (unpaired) electrons. The van der Waals surface area contributed by atoms with E-state index in [9.17, 15) is 14.4 Å². The Balaban J connectivity index is 3.08. The molecule has 24 heavy (non-hydrogen) atoms. The maximum absolute atomic E-state index is 12.2. The van der Waals surface area contributed by atoms with Crippen LogP contribution in [0.25, 0.3) is 0 Å². The molecule has 0 saturated carbocycles. The second-order valence-electron chi connectivity index (χ2n) is 5.22. The minimum absolute atomic E-state index is 0.0640. The molecular weight excluding hydrogens is 383 g/mol. The van der Waals surface area contributed by atoms with Gasteiger partial charge in [0.2, 0.25) is 0 Å². The highest BCUT2D eigenvalue weighted by molar-refractivity contribution is 6.46. The number of rotatable bonds is 6. The van der Waals surface area contributed by atoms with Crippen molar-refractivity contribution >= 4 is 52.7 Å². The monoisotopic (exact) mass is 396 g/mol. The molecule has 0 aliphatic carbocycles. The van der Waals surface area contributed by atoms with Gasteiger partial charge in [0.25, 0.3) is 0 Å². The van der Waals surface area contributed by atoms with Gasteiger partial charge in [-0.05, 0) is 24.8 Å².